The molecule has 0 aliphatic heterocycles. The van der Waals surface area contributed by atoms with Gasteiger partial charge < -0.3 is 0 Å². The van der Waals surface area contributed by atoms with Gasteiger partial charge in [-0.15, -0.1) is 0 Å². The van der Waals surface area contributed by atoms with Gasteiger partial charge in [0.05, 0.1) is 22.8 Å². The summed E-state index contributed by atoms with van der Waals surface area (Å²) in [6, 6.07) is 16.1. The molecule has 0 radical (unpaired) electrons. The van der Waals surface area contributed by atoms with Crippen LogP contribution in [0.5, 0.6) is 0 Å². The van der Waals surface area contributed by atoms with E-state index in [0.717, 1.165) is 39.7 Å². The second-order valence-corrected chi connectivity index (χ2v) is 5.24. The van der Waals surface area contributed by atoms with Gasteiger partial charge in [-0.05, 0) is 62.7 Å². The molecule has 0 saturated carbocycles. The van der Waals surface area contributed by atoms with Gasteiger partial charge in [0.15, 0.2) is 0 Å². The summed E-state index contributed by atoms with van der Waals surface area (Å²) >= 11 is 5.62. The van der Waals surface area contributed by atoms with Crippen LogP contribution >= 0.6 is 20.5 Å². The summed E-state index contributed by atoms with van der Waals surface area (Å²) in [6.45, 7) is 6.05. The zero-order valence-corrected chi connectivity index (χ0v) is 16.3. The first-order chi connectivity index (χ1) is 11.1. The molecule has 0 unspecified atom stereocenters. The number of halogens is 1. The van der Waals surface area contributed by atoms with Gasteiger partial charge in [-0.25, -0.2) is 4.98 Å². The Morgan fingerprint density at radius 1 is 0.652 bits per heavy atom. The molecule has 23 heavy (non-hydrogen) atoms. The van der Waals surface area contributed by atoms with Crippen molar-refractivity contribution in [3.8, 4) is 22.8 Å². The summed E-state index contributed by atoms with van der Waals surface area (Å²) < 4.78 is 0. The van der Waals surface area contributed by atoms with Crippen molar-refractivity contribution >= 4 is 20.5 Å². The van der Waals surface area contributed by atoms with E-state index in [-0.39, 0.29) is 0 Å². The fourth-order valence-corrected chi connectivity index (χ4v) is 2.30. The van der Waals surface area contributed by atoms with Gasteiger partial charge in [0, 0.05) is 11.4 Å². The average molecular weight is 461 g/mol. The van der Waals surface area contributed by atoms with Crippen LogP contribution in [0.25, 0.3) is 22.8 Å². The molecular formula is C18H17IN3Ni. The Morgan fingerprint density at radius 2 is 1.09 bits per heavy atom. The number of aromatic nitrogens is 3. The Balaban J connectivity index is 0.000000924. The van der Waals surface area contributed by atoms with Crippen molar-refractivity contribution < 1.29 is 12.3 Å². The first-order valence-electron chi connectivity index (χ1n) is 7.10. The Kier molecular flexibility index (Phi) is 6.66. The summed E-state index contributed by atoms with van der Waals surface area (Å²) in [5, 5.41) is 0. The van der Waals surface area contributed by atoms with Crippen LogP contribution in [-0.4, -0.2) is 15.0 Å². The molecule has 3 aromatic heterocycles. The average Bonchev–Trinajstić information content (AvgIpc) is 2.56. The number of aryl methyl sites for hydroxylation is 3. The Hall–Kier alpha value is -1.33. The monoisotopic (exact) mass is 460 g/mol. The van der Waals surface area contributed by atoms with E-state index in [1.807, 2.05) is 50.2 Å². The molecule has 3 aromatic rings. The van der Waals surface area contributed by atoms with E-state index in [1.54, 1.807) is 20.5 Å². The molecule has 0 aromatic carbocycles. The molecule has 0 N–H and O–H groups in total. The molecule has 0 fully saturated rings. The fraction of sp³-hybridized carbons (Fsp3) is 0.167. The summed E-state index contributed by atoms with van der Waals surface area (Å²) in [7, 11) is 0. The summed E-state index contributed by atoms with van der Waals surface area (Å²) in [4.78, 5) is 13.8. The van der Waals surface area contributed by atoms with Crippen molar-refractivity contribution in [3.05, 3.63) is 65.5 Å². The van der Waals surface area contributed by atoms with Crippen LogP contribution in [0.15, 0.2) is 48.5 Å². The van der Waals surface area contributed by atoms with Crippen LogP contribution in [0.1, 0.15) is 17.0 Å². The molecule has 0 amide bonds. The fourth-order valence-electron chi connectivity index (χ4n) is 2.30. The molecule has 5 heteroatoms. The van der Waals surface area contributed by atoms with Gasteiger partial charge in [0.2, 0.25) is 0 Å². The second kappa shape index (κ2) is 8.50. The molecule has 0 aliphatic carbocycles. The third kappa shape index (κ3) is 4.82. The number of nitrogens with zero attached hydrogens (tertiary/aromatic N) is 3. The number of pyridine rings is 3. The Labute approximate surface area is 156 Å². The van der Waals surface area contributed by atoms with Crippen molar-refractivity contribution in [1.29, 1.82) is 0 Å². The van der Waals surface area contributed by atoms with Crippen LogP contribution in [0.4, 0.5) is 0 Å². The predicted octanol–water partition coefficient (Wildman–Crippen LogP) is 5.01. The zero-order valence-electron chi connectivity index (χ0n) is 13.2. The SMILES string of the molecule is Cc1cc(-c2cccc(C)n2)nc(-c2cccc(C)n2)c1.[Ni][I]. The van der Waals surface area contributed by atoms with Crippen molar-refractivity contribution in [2.24, 2.45) is 0 Å². The quantitative estimate of drug-likeness (QED) is 0.398. The van der Waals surface area contributed by atoms with E-state index >= 15 is 0 Å². The minimum atomic E-state index is 0.886. The van der Waals surface area contributed by atoms with Crippen molar-refractivity contribution in [2.75, 3.05) is 0 Å². The molecule has 0 saturated heterocycles. The van der Waals surface area contributed by atoms with E-state index in [2.05, 4.69) is 41.3 Å². The summed E-state index contributed by atoms with van der Waals surface area (Å²) in [5.74, 6) is 0. The van der Waals surface area contributed by atoms with Gasteiger partial charge in [-0.1, -0.05) is 12.1 Å². The number of hydrogen-bond acceptors (Lipinski definition) is 3. The van der Waals surface area contributed by atoms with Crippen molar-refractivity contribution in [3.63, 3.8) is 0 Å². The molecule has 3 heterocycles. The van der Waals surface area contributed by atoms with Crippen molar-refractivity contribution in [2.45, 2.75) is 20.8 Å². The van der Waals surface area contributed by atoms with Crippen LogP contribution < -0.4 is 0 Å². The maximum atomic E-state index is 4.73. The van der Waals surface area contributed by atoms with Gasteiger partial charge in [-0.2, -0.15) is 0 Å². The molecule has 0 aliphatic rings. The van der Waals surface area contributed by atoms with E-state index < -0.39 is 0 Å². The molecule has 0 atom stereocenters. The van der Waals surface area contributed by atoms with Crippen LogP contribution in [0, 0.1) is 20.8 Å². The van der Waals surface area contributed by atoms with E-state index in [9.17, 15) is 0 Å². The molecular weight excluding hydrogens is 444 g/mol. The van der Waals surface area contributed by atoms with Crippen LogP contribution in [0.2, 0.25) is 0 Å². The third-order valence-corrected chi connectivity index (χ3v) is 3.27. The van der Waals surface area contributed by atoms with Gasteiger partial charge in [0.1, 0.15) is 0 Å². The van der Waals surface area contributed by atoms with E-state index in [0.29, 0.717) is 0 Å². The standard InChI is InChI=1S/C18H17N3.HI.Ni/c1-12-10-17(15-8-4-6-13(2)19-15)21-18(11-12)16-9-5-7-14(3)20-16;;/h4-11H,1-3H3;1H;/q;;+1/p-1. The second-order valence-electron chi connectivity index (χ2n) is 5.24. The normalized spacial score (nSPS) is 10.0. The molecule has 0 spiro atoms. The molecule has 3 nitrogen and oxygen atoms in total. The summed E-state index contributed by atoms with van der Waals surface area (Å²) in [6.07, 6.45) is 0. The summed E-state index contributed by atoms with van der Waals surface area (Å²) in [5.41, 5.74) is 6.70. The van der Waals surface area contributed by atoms with Crippen molar-refractivity contribution in [1.82, 2.24) is 15.0 Å². The first kappa shape index (κ1) is 18.0. The topological polar surface area (TPSA) is 38.7 Å². The van der Waals surface area contributed by atoms with E-state index in [1.165, 1.54) is 0 Å². The number of hydrogen-bond donors (Lipinski definition) is 0. The number of rotatable bonds is 2. The van der Waals surface area contributed by atoms with Crippen LogP contribution in [0.3, 0.4) is 0 Å². The Morgan fingerprint density at radius 3 is 1.48 bits per heavy atom. The van der Waals surface area contributed by atoms with Gasteiger partial charge >= 0.3 is 32.8 Å². The predicted molar refractivity (Wildman–Crippen MR) is 98.9 cm³/mol. The van der Waals surface area contributed by atoms with Gasteiger partial charge in [0.25, 0.3) is 0 Å². The maximum absolute atomic E-state index is 4.73. The molecule has 0 bridgehead atoms. The minimum absolute atomic E-state index is 0.886. The Bertz CT molecular complexity index is 742. The van der Waals surface area contributed by atoms with Gasteiger partial charge in [-0.3, -0.25) is 9.97 Å². The molecule has 3 rings (SSSR count). The zero-order chi connectivity index (χ0) is 16.8. The molecule has 121 valence electrons. The van der Waals surface area contributed by atoms with E-state index in [4.69, 9.17) is 4.98 Å². The third-order valence-electron chi connectivity index (χ3n) is 3.27. The van der Waals surface area contributed by atoms with Crippen LogP contribution in [-0.2, 0) is 12.3 Å². The first-order valence-corrected chi connectivity index (χ1v) is 10.3.